The summed E-state index contributed by atoms with van der Waals surface area (Å²) in [5.41, 5.74) is 0.336. The Balaban J connectivity index is 1.94. The van der Waals surface area contributed by atoms with Crippen LogP contribution in [0, 0.1) is 26.1 Å². The molecule has 0 aliphatic rings. The molecule has 0 radical (unpaired) electrons. The summed E-state index contributed by atoms with van der Waals surface area (Å²) in [7, 11) is 0. The van der Waals surface area contributed by atoms with Crippen LogP contribution in [0.2, 0.25) is 0 Å². The van der Waals surface area contributed by atoms with E-state index in [4.69, 9.17) is 0 Å². The Morgan fingerprint density at radius 2 is 1.68 bits per heavy atom. The van der Waals surface area contributed by atoms with E-state index in [-0.39, 0.29) is 11.5 Å². The van der Waals surface area contributed by atoms with E-state index in [1.54, 1.807) is 0 Å². The van der Waals surface area contributed by atoms with Crippen molar-refractivity contribution in [1.29, 1.82) is 0 Å². The number of imidazole rings is 1. The lowest BCUT2D eigenvalue weighted by molar-refractivity contribution is -0.394. The zero-order valence-electron chi connectivity index (χ0n) is 15.1. The molecule has 3 aromatic rings. The number of nitrogens with zero attached hydrogens (tertiary/aromatic N) is 3. The number of benzene rings is 2. The average Bonchev–Trinajstić information content (AvgIpc) is 3.08. The zero-order chi connectivity index (χ0) is 20.4. The lowest BCUT2D eigenvalue weighted by Crippen LogP contribution is -2.32. The molecule has 3 rings (SSSR count). The maximum atomic E-state index is 12.7. The van der Waals surface area contributed by atoms with Crippen molar-refractivity contribution < 1.29 is 14.6 Å². The standard InChI is InChI=1S/C18H17N5O5/c1-10(2)16(17-19-14-5-3-4-6-15(14)20-17)21-18(24)11-7-12(22(25)26)9-13(8-11)23(27)28/h3-10,16H,1-2H3,(H,19,20)(H,21,24). The first-order valence-corrected chi connectivity index (χ1v) is 8.45. The van der Waals surface area contributed by atoms with Gasteiger partial charge < -0.3 is 10.3 Å². The first-order valence-electron chi connectivity index (χ1n) is 8.45. The molecule has 0 bridgehead atoms. The number of hydrogen-bond acceptors (Lipinski definition) is 6. The fraction of sp³-hybridized carbons (Fsp3) is 0.222. The van der Waals surface area contributed by atoms with Crippen molar-refractivity contribution in [1.82, 2.24) is 15.3 Å². The number of amides is 1. The first kappa shape index (κ1) is 19.0. The molecule has 10 nitrogen and oxygen atoms in total. The van der Waals surface area contributed by atoms with Gasteiger partial charge in [0.2, 0.25) is 0 Å². The lowest BCUT2D eigenvalue weighted by Gasteiger charge is -2.20. The van der Waals surface area contributed by atoms with Crippen molar-refractivity contribution in [3.05, 3.63) is 74.1 Å². The summed E-state index contributed by atoms with van der Waals surface area (Å²) in [5, 5.41) is 24.8. The number of hydrogen-bond donors (Lipinski definition) is 2. The number of aromatic amines is 1. The molecule has 1 heterocycles. The van der Waals surface area contributed by atoms with Gasteiger partial charge in [0.25, 0.3) is 17.3 Å². The number of H-pyrrole nitrogens is 1. The number of fused-ring (bicyclic) bond motifs is 1. The van der Waals surface area contributed by atoms with Crippen molar-refractivity contribution in [3.8, 4) is 0 Å². The highest BCUT2D eigenvalue weighted by Gasteiger charge is 2.25. The van der Waals surface area contributed by atoms with E-state index in [0.717, 1.165) is 29.2 Å². The van der Waals surface area contributed by atoms with Crippen LogP contribution in [0.3, 0.4) is 0 Å². The summed E-state index contributed by atoms with van der Waals surface area (Å²) in [6, 6.07) is 9.71. The highest BCUT2D eigenvalue weighted by Crippen LogP contribution is 2.25. The molecule has 1 aromatic heterocycles. The van der Waals surface area contributed by atoms with Crippen molar-refractivity contribution in [3.63, 3.8) is 0 Å². The number of nitrogens with one attached hydrogen (secondary N) is 2. The van der Waals surface area contributed by atoms with E-state index in [2.05, 4.69) is 15.3 Å². The van der Waals surface area contributed by atoms with Gasteiger partial charge >= 0.3 is 0 Å². The molecule has 1 atom stereocenters. The van der Waals surface area contributed by atoms with Crippen LogP contribution >= 0.6 is 0 Å². The van der Waals surface area contributed by atoms with E-state index in [0.29, 0.717) is 5.82 Å². The Morgan fingerprint density at radius 1 is 1.07 bits per heavy atom. The Labute approximate surface area is 158 Å². The molecular weight excluding hydrogens is 366 g/mol. The van der Waals surface area contributed by atoms with Gasteiger partial charge in [-0.3, -0.25) is 25.0 Å². The van der Waals surface area contributed by atoms with E-state index in [1.807, 2.05) is 38.1 Å². The SMILES string of the molecule is CC(C)C(NC(=O)c1cc([N+](=O)[O-])cc([N+](=O)[O-])c1)c1nc2ccccc2[nH]1. The summed E-state index contributed by atoms with van der Waals surface area (Å²) >= 11 is 0. The predicted octanol–water partition coefficient (Wildman–Crippen LogP) is 3.51. The van der Waals surface area contributed by atoms with Crippen LogP contribution in [0.4, 0.5) is 11.4 Å². The molecule has 1 amide bonds. The zero-order valence-corrected chi connectivity index (χ0v) is 15.1. The van der Waals surface area contributed by atoms with E-state index < -0.39 is 33.2 Å². The maximum absolute atomic E-state index is 12.7. The molecule has 0 fully saturated rings. The van der Waals surface area contributed by atoms with Crippen LogP contribution in [0.5, 0.6) is 0 Å². The summed E-state index contributed by atoms with van der Waals surface area (Å²) in [5.74, 6) is -0.186. The van der Waals surface area contributed by atoms with Gasteiger partial charge in [-0.15, -0.1) is 0 Å². The van der Waals surface area contributed by atoms with Gasteiger partial charge in [-0.1, -0.05) is 26.0 Å². The monoisotopic (exact) mass is 383 g/mol. The number of para-hydroxylation sites is 2. The molecule has 2 N–H and O–H groups in total. The van der Waals surface area contributed by atoms with Gasteiger partial charge in [0.15, 0.2) is 0 Å². The number of nitro groups is 2. The van der Waals surface area contributed by atoms with Crippen LogP contribution in [0.1, 0.15) is 36.1 Å². The molecule has 0 saturated carbocycles. The third-order valence-electron chi connectivity index (χ3n) is 4.24. The van der Waals surface area contributed by atoms with Gasteiger partial charge in [0.1, 0.15) is 5.82 Å². The average molecular weight is 383 g/mol. The third kappa shape index (κ3) is 3.80. The number of carbonyl (C=O) groups is 1. The fourth-order valence-corrected chi connectivity index (χ4v) is 2.83. The third-order valence-corrected chi connectivity index (χ3v) is 4.24. The summed E-state index contributed by atoms with van der Waals surface area (Å²) in [6.07, 6.45) is 0. The Bertz CT molecular complexity index is 1010. The Kier molecular flexibility index (Phi) is 5.03. The molecule has 1 unspecified atom stereocenters. The fourth-order valence-electron chi connectivity index (χ4n) is 2.83. The summed E-state index contributed by atoms with van der Waals surface area (Å²) < 4.78 is 0. The maximum Gasteiger partial charge on any atom is 0.277 e. The number of carbonyl (C=O) groups excluding carboxylic acids is 1. The molecule has 0 saturated heterocycles. The van der Waals surface area contributed by atoms with Crippen LogP contribution in [-0.2, 0) is 0 Å². The van der Waals surface area contributed by atoms with Gasteiger partial charge in [-0.25, -0.2) is 4.98 Å². The van der Waals surface area contributed by atoms with Crippen LogP contribution in [0.15, 0.2) is 42.5 Å². The van der Waals surface area contributed by atoms with Gasteiger partial charge in [-0.2, -0.15) is 0 Å². The minimum atomic E-state index is -0.775. The van der Waals surface area contributed by atoms with Crippen molar-refractivity contribution >= 4 is 28.3 Å². The number of rotatable bonds is 6. The molecule has 28 heavy (non-hydrogen) atoms. The molecule has 0 spiro atoms. The second-order valence-corrected chi connectivity index (χ2v) is 6.59. The van der Waals surface area contributed by atoms with Gasteiger partial charge in [-0.05, 0) is 18.1 Å². The topological polar surface area (TPSA) is 144 Å². The smallest absolute Gasteiger partial charge is 0.277 e. The molecule has 144 valence electrons. The molecule has 0 aliphatic carbocycles. The number of non-ortho nitro benzene ring substituents is 2. The summed E-state index contributed by atoms with van der Waals surface area (Å²) in [4.78, 5) is 40.9. The van der Waals surface area contributed by atoms with E-state index >= 15 is 0 Å². The van der Waals surface area contributed by atoms with E-state index in [9.17, 15) is 25.0 Å². The number of nitro benzene ring substituents is 2. The van der Waals surface area contributed by atoms with Crippen LogP contribution in [-0.4, -0.2) is 25.7 Å². The van der Waals surface area contributed by atoms with Crippen LogP contribution in [0.25, 0.3) is 11.0 Å². The van der Waals surface area contributed by atoms with Crippen LogP contribution < -0.4 is 5.32 Å². The second kappa shape index (κ2) is 7.43. The predicted molar refractivity (Wildman–Crippen MR) is 101 cm³/mol. The normalized spacial score (nSPS) is 12.1. The highest BCUT2D eigenvalue weighted by atomic mass is 16.6. The largest absolute Gasteiger partial charge is 0.342 e. The first-order chi connectivity index (χ1) is 13.3. The number of aromatic nitrogens is 2. The summed E-state index contributed by atoms with van der Waals surface area (Å²) in [6.45, 7) is 3.77. The highest BCUT2D eigenvalue weighted by molar-refractivity contribution is 5.95. The van der Waals surface area contributed by atoms with E-state index in [1.165, 1.54) is 0 Å². The van der Waals surface area contributed by atoms with Crippen molar-refractivity contribution in [2.24, 2.45) is 5.92 Å². The molecule has 2 aromatic carbocycles. The Morgan fingerprint density at radius 3 is 2.21 bits per heavy atom. The molecule has 10 heteroatoms. The molecular formula is C18H17N5O5. The molecule has 0 aliphatic heterocycles. The Hall–Kier alpha value is -3.82. The van der Waals surface area contributed by atoms with Gasteiger partial charge in [0.05, 0.1) is 38.6 Å². The van der Waals surface area contributed by atoms with Gasteiger partial charge in [0, 0.05) is 12.1 Å². The van der Waals surface area contributed by atoms with Crippen molar-refractivity contribution in [2.45, 2.75) is 19.9 Å². The minimum Gasteiger partial charge on any atom is -0.342 e. The minimum absolute atomic E-state index is 0.0572. The lowest BCUT2D eigenvalue weighted by atomic mass is 10.0. The van der Waals surface area contributed by atoms with Crippen molar-refractivity contribution in [2.75, 3.05) is 0 Å². The quantitative estimate of drug-likeness (QED) is 0.492. The second-order valence-electron chi connectivity index (χ2n) is 6.59.